The van der Waals surface area contributed by atoms with Crippen molar-refractivity contribution in [2.45, 2.75) is 38.8 Å². The van der Waals surface area contributed by atoms with Crippen molar-refractivity contribution < 1.29 is 34.8 Å². The first-order valence-corrected chi connectivity index (χ1v) is 9.58. The number of amides is 1. The lowest BCUT2D eigenvalue weighted by atomic mass is 10.0. The lowest BCUT2D eigenvalue weighted by Gasteiger charge is -2.29. The standard InChI is InChI=1S/C23H27NO7/c1-23(2,3)31-22(30)16(11-15-6-9-18(26)20(28)13-15)24(4)21(29)10-7-14-5-8-17(25)19(27)12-14/h5-10,12-13,16,25-28H,11H2,1-4H3/b10-7+/t16-/m1/s1. The van der Waals surface area contributed by atoms with Crippen molar-refractivity contribution in [1.29, 1.82) is 0 Å². The van der Waals surface area contributed by atoms with Gasteiger partial charge in [-0.1, -0.05) is 12.1 Å². The Morgan fingerprint density at radius 1 is 0.968 bits per heavy atom. The molecule has 2 aromatic carbocycles. The second kappa shape index (κ2) is 9.42. The summed E-state index contributed by atoms with van der Waals surface area (Å²) in [5.41, 5.74) is 0.239. The zero-order chi connectivity index (χ0) is 23.3. The molecule has 1 atom stereocenters. The van der Waals surface area contributed by atoms with Gasteiger partial charge in [-0.25, -0.2) is 4.79 Å². The van der Waals surface area contributed by atoms with Gasteiger partial charge in [0.1, 0.15) is 11.6 Å². The van der Waals surface area contributed by atoms with Gasteiger partial charge in [0.15, 0.2) is 23.0 Å². The molecule has 8 nitrogen and oxygen atoms in total. The lowest BCUT2D eigenvalue weighted by Crippen LogP contribution is -2.46. The van der Waals surface area contributed by atoms with E-state index in [9.17, 15) is 30.0 Å². The number of phenols is 4. The van der Waals surface area contributed by atoms with E-state index >= 15 is 0 Å². The Balaban J connectivity index is 2.26. The van der Waals surface area contributed by atoms with Crippen LogP contribution in [0.3, 0.4) is 0 Å². The number of nitrogens with zero attached hydrogens (tertiary/aromatic N) is 1. The molecule has 0 spiro atoms. The number of rotatable bonds is 6. The average molecular weight is 429 g/mol. The van der Waals surface area contributed by atoms with Crippen LogP contribution < -0.4 is 0 Å². The van der Waals surface area contributed by atoms with Crippen LogP contribution in [0, 0.1) is 0 Å². The van der Waals surface area contributed by atoms with Crippen molar-refractivity contribution in [3.8, 4) is 23.0 Å². The highest BCUT2D eigenvalue weighted by molar-refractivity contribution is 5.94. The maximum atomic E-state index is 12.8. The van der Waals surface area contributed by atoms with Crippen molar-refractivity contribution in [3.05, 3.63) is 53.6 Å². The van der Waals surface area contributed by atoms with E-state index in [4.69, 9.17) is 4.74 Å². The number of benzene rings is 2. The normalized spacial score (nSPS) is 12.5. The summed E-state index contributed by atoms with van der Waals surface area (Å²) < 4.78 is 5.46. The number of hydrogen-bond donors (Lipinski definition) is 4. The highest BCUT2D eigenvalue weighted by Crippen LogP contribution is 2.27. The van der Waals surface area contributed by atoms with Crippen LogP contribution in [0.2, 0.25) is 0 Å². The van der Waals surface area contributed by atoms with Gasteiger partial charge in [0.05, 0.1) is 0 Å². The largest absolute Gasteiger partial charge is 0.504 e. The van der Waals surface area contributed by atoms with E-state index in [1.165, 1.54) is 54.4 Å². The van der Waals surface area contributed by atoms with Crippen LogP contribution >= 0.6 is 0 Å². The fourth-order valence-electron chi connectivity index (χ4n) is 2.75. The molecule has 0 saturated carbocycles. The van der Waals surface area contributed by atoms with Crippen LogP contribution in [0.4, 0.5) is 0 Å². The fourth-order valence-corrected chi connectivity index (χ4v) is 2.75. The molecule has 31 heavy (non-hydrogen) atoms. The van der Waals surface area contributed by atoms with E-state index in [-0.39, 0.29) is 29.4 Å². The second-order valence-corrected chi connectivity index (χ2v) is 8.11. The minimum Gasteiger partial charge on any atom is -0.504 e. The van der Waals surface area contributed by atoms with E-state index in [2.05, 4.69) is 0 Å². The summed E-state index contributed by atoms with van der Waals surface area (Å²) in [6.45, 7) is 5.15. The highest BCUT2D eigenvalue weighted by Gasteiger charge is 2.31. The highest BCUT2D eigenvalue weighted by atomic mass is 16.6. The molecule has 0 fully saturated rings. The summed E-state index contributed by atoms with van der Waals surface area (Å²) in [6.07, 6.45) is 2.73. The molecule has 8 heteroatoms. The van der Waals surface area contributed by atoms with Crippen molar-refractivity contribution >= 4 is 18.0 Å². The van der Waals surface area contributed by atoms with E-state index in [1.54, 1.807) is 26.8 Å². The first-order chi connectivity index (χ1) is 14.4. The minimum atomic E-state index is -0.992. The second-order valence-electron chi connectivity index (χ2n) is 8.11. The van der Waals surface area contributed by atoms with Crippen molar-refractivity contribution in [1.82, 2.24) is 4.90 Å². The quantitative estimate of drug-likeness (QED) is 0.316. The molecular formula is C23H27NO7. The first-order valence-electron chi connectivity index (χ1n) is 9.58. The number of likely N-dealkylation sites (N-methyl/N-ethyl adjacent to an activating group) is 1. The Morgan fingerprint density at radius 3 is 2.10 bits per heavy atom. The third-order valence-electron chi connectivity index (χ3n) is 4.38. The molecule has 166 valence electrons. The summed E-state index contributed by atoms with van der Waals surface area (Å²) in [5, 5.41) is 38.2. The van der Waals surface area contributed by atoms with E-state index in [0.29, 0.717) is 11.1 Å². The van der Waals surface area contributed by atoms with Crippen LogP contribution in [0.5, 0.6) is 23.0 Å². The number of carbonyl (C=O) groups excluding carboxylic acids is 2. The van der Waals surface area contributed by atoms with Crippen LogP contribution in [-0.2, 0) is 20.7 Å². The fraction of sp³-hybridized carbons (Fsp3) is 0.304. The zero-order valence-corrected chi connectivity index (χ0v) is 17.9. The molecule has 0 aliphatic heterocycles. The lowest BCUT2D eigenvalue weighted by molar-refractivity contribution is -0.163. The Bertz CT molecular complexity index is 992. The molecule has 0 aliphatic rings. The molecule has 1 amide bonds. The molecule has 0 aromatic heterocycles. The third kappa shape index (κ3) is 6.67. The van der Waals surface area contributed by atoms with E-state index in [0.717, 1.165) is 0 Å². The monoisotopic (exact) mass is 429 g/mol. The number of aromatic hydroxyl groups is 4. The third-order valence-corrected chi connectivity index (χ3v) is 4.38. The maximum Gasteiger partial charge on any atom is 0.329 e. The Hall–Kier alpha value is -3.68. The van der Waals surface area contributed by atoms with Gasteiger partial charge in [0.25, 0.3) is 0 Å². The van der Waals surface area contributed by atoms with E-state index < -0.39 is 23.5 Å². The van der Waals surface area contributed by atoms with E-state index in [1.807, 2.05) is 0 Å². The number of hydrogen-bond acceptors (Lipinski definition) is 7. The Kier molecular flexibility index (Phi) is 7.17. The van der Waals surface area contributed by atoms with Gasteiger partial charge in [0.2, 0.25) is 5.91 Å². The van der Waals surface area contributed by atoms with Gasteiger partial charge in [-0.05, 0) is 62.2 Å². The average Bonchev–Trinajstić information content (AvgIpc) is 2.67. The molecular weight excluding hydrogens is 402 g/mol. The Labute approximate surface area is 180 Å². The van der Waals surface area contributed by atoms with Crippen LogP contribution in [0.25, 0.3) is 6.08 Å². The first kappa shape index (κ1) is 23.6. The number of phenolic OH excluding ortho intramolecular Hbond substituents is 4. The van der Waals surface area contributed by atoms with Crippen molar-refractivity contribution in [2.75, 3.05) is 7.05 Å². The number of ether oxygens (including phenoxy) is 1. The van der Waals surface area contributed by atoms with Crippen molar-refractivity contribution in [2.24, 2.45) is 0 Å². The molecule has 0 bridgehead atoms. The van der Waals surface area contributed by atoms with Gasteiger partial charge in [-0.2, -0.15) is 0 Å². The topological polar surface area (TPSA) is 128 Å². The summed E-state index contributed by atoms with van der Waals surface area (Å²) in [4.78, 5) is 26.7. The van der Waals surface area contributed by atoms with Crippen molar-refractivity contribution in [3.63, 3.8) is 0 Å². The smallest absolute Gasteiger partial charge is 0.329 e. The predicted molar refractivity (Wildman–Crippen MR) is 115 cm³/mol. The predicted octanol–water partition coefficient (Wildman–Crippen LogP) is 2.93. The van der Waals surface area contributed by atoms with Gasteiger partial charge in [-0.3, -0.25) is 4.79 Å². The molecule has 0 aliphatic carbocycles. The van der Waals surface area contributed by atoms with Gasteiger partial charge in [0, 0.05) is 19.5 Å². The molecule has 2 aromatic rings. The molecule has 0 radical (unpaired) electrons. The summed E-state index contributed by atoms with van der Waals surface area (Å²) >= 11 is 0. The summed E-state index contributed by atoms with van der Waals surface area (Å²) in [6, 6.07) is 7.28. The molecule has 0 unspecified atom stereocenters. The maximum absolute atomic E-state index is 12.8. The van der Waals surface area contributed by atoms with Gasteiger partial charge >= 0.3 is 5.97 Å². The van der Waals surface area contributed by atoms with Gasteiger partial charge in [-0.15, -0.1) is 0 Å². The van der Waals surface area contributed by atoms with Crippen LogP contribution in [-0.4, -0.2) is 55.9 Å². The summed E-state index contributed by atoms with van der Waals surface area (Å²) in [5.74, 6) is -2.33. The summed E-state index contributed by atoms with van der Waals surface area (Å²) in [7, 11) is 1.45. The Morgan fingerprint density at radius 2 is 1.55 bits per heavy atom. The zero-order valence-electron chi connectivity index (χ0n) is 17.9. The molecule has 2 rings (SSSR count). The molecule has 4 N–H and O–H groups in total. The minimum absolute atomic E-state index is 0.0544. The van der Waals surface area contributed by atoms with Crippen LogP contribution in [0.15, 0.2) is 42.5 Å². The van der Waals surface area contributed by atoms with Gasteiger partial charge < -0.3 is 30.1 Å². The number of esters is 1. The molecule has 0 heterocycles. The number of carbonyl (C=O) groups is 2. The molecule has 0 saturated heterocycles. The van der Waals surface area contributed by atoms with Crippen LogP contribution in [0.1, 0.15) is 31.9 Å². The SMILES string of the molecule is CN(C(=O)/C=C/c1ccc(O)c(O)c1)[C@H](Cc1ccc(O)c(O)c1)C(=O)OC(C)(C)C.